The number of sulfonamides is 1. The molecule has 4 heterocycles. The molecule has 0 amide bonds. The predicted octanol–water partition coefficient (Wildman–Crippen LogP) is 2.53. The number of anilines is 1. The maximum atomic E-state index is 13.3. The summed E-state index contributed by atoms with van der Waals surface area (Å²) >= 11 is 0.695. The van der Waals surface area contributed by atoms with Crippen LogP contribution in [0.4, 0.5) is 14.6 Å². The molecule has 6 rings (SSSR count). The van der Waals surface area contributed by atoms with E-state index >= 15 is 0 Å². The Kier molecular flexibility index (Phi) is 5.37. The highest BCUT2D eigenvalue weighted by Gasteiger charge is 2.46. The summed E-state index contributed by atoms with van der Waals surface area (Å²) in [6.07, 6.45) is -0.556. The van der Waals surface area contributed by atoms with Crippen molar-refractivity contribution in [1.29, 1.82) is 5.26 Å². The van der Waals surface area contributed by atoms with Crippen LogP contribution in [0, 0.1) is 11.3 Å². The molecule has 2 aliphatic rings. The molecule has 1 saturated heterocycles. The van der Waals surface area contributed by atoms with Gasteiger partial charge in [0.15, 0.2) is 10.7 Å². The number of aromatic nitrogens is 5. The number of halogens is 2. The number of rotatable bonds is 6. The van der Waals surface area contributed by atoms with Crippen molar-refractivity contribution in [3.05, 3.63) is 29.5 Å². The van der Waals surface area contributed by atoms with Crippen molar-refractivity contribution in [3.8, 4) is 11.2 Å². The Balaban J connectivity index is 1.59. The van der Waals surface area contributed by atoms with Gasteiger partial charge in [-0.15, -0.1) is 10.2 Å². The van der Waals surface area contributed by atoms with E-state index < -0.39 is 27.0 Å². The molecule has 0 spiro atoms. The van der Waals surface area contributed by atoms with Crippen molar-refractivity contribution >= 4 is 49.1 Å². The predicted molar refractivity (Wildman–Crippen MR) is 126 cm³/mol. The Morgan fingerprint density at radius 1 is 1.19 bits per heavy atom. The van der Waals surface area contributed by atoms with Gasteiger partial charge in [-0.3, -0.25) is 4.57 Å². The summed E-state index contributed by atoms with van der Waals surface area (Å²) in [5.74, 6) is 0.626. The van der Waals surface area contributed by atoms with Crippen LogP contribution in [0.15, 0.2) is 29.4 Å². The van der Waals surface area contributed by atoms with Crippen LogP contribution in [0.5, 0.6) is 0 Å². The third-order valence-corrected chi connectivity index (χ3v) is 8.67. The Hall–Kier alpha value is -3.32. The number of fused-ring (bicyclic) bond motifs is 3. The van der Waals surface area contributed by atoms with Crippen molar-refractivity contribution in [1.82, 2.24) is 29.5 Å². The fraction of sp³-hybridized carbons (Fsp3) is 0.381. The van der Waals surface area contributed by atoms with Crippen LogP contribution in [-0.2, 0) is 14.8 Å². The third kappa shape index (κ3) is 3.77. The Labute approximate surface area is 207 Å². The number of ether oxygens (including phenoxy) is 1. The van der Waals surface area contributed by atoms with E-state index in [2.05, 4.69) is 24.9 Å². The van der Waals surface area contributed by atoms with Crippen LogP contribution in [0.25, 0.3) is 27.1 Å². The highest BCUT2D eigenvalue weighted by molar-refractivity contribution is 7.89. The minimum absolute atomic E-state index is 0.0694. The molecule has 186 valence electrons. The molecule has 1 aliphatic carbocycles. The lowest BCUT2D eigenvalue weighted by atomic mass is 10.2. The maximum Gasteiger partial charge on any atom is 0.291 e. The normalized spacial score (nSPS) is 17.7. The summed E-state index contributed by atoms with van der Waals surface area (Å²) < 4.78 is 62.3. The smallest absolute Gasteiger partial charge is 0.291 e. The monoisotopic (exact) mass is 532 g/mol. The highest BCUT2D eigenvalue weighted by atomic mass is 32.2. The third-order valence-electron chi connectivity index (χ3n) is 6.22. The largest absolute Gasteiger partial charge is 0.378 e. The van der Waals surface area contributed by atoms with Crippen molar-refractivity contribution in [2.45, 2.75) is 29.7 Å². The van der Waals surface area contributed by atoms with Gasteiger partial charge in [-0.2, -0.15) is 9.98 Å². The summed E-state index contributed by atoms with van der Waals surface area (Å²) in [5, 5.41) is 17.8. The van der Waals surface area contributed by atoms with Crippen LogP contribution >= 0.6 is 11.3 Å². The number of hydrogen-bond donors (Lipinski definition) is 1. The fourth-order valence-corrected chi connectivity index (χ4v) is 6.37. The van der Waals surface area contributed by atoms with Crippen LogP contribution in [0.1, 0.15) is 24.3 Å². The van der Waals surface area contributed by atoms with Crippen LogP contribution < -0.4 is 9.62 Å². The zero-order chi connectivity index (χ0) is 25.1. The Morgan fingerprint density at radius 3 is 2.64 bits per heavy atom. The molecule has 1 saturated carbocycles. The molecule has 1 N–H and O–H groups in total. The number of morpholine rings is 1. The Bertz CT molecular complexity index is 1640. The molecule has 3 aromatic heterocycles. The molecular formula is C21H18F2N8O3S2. The fourth-order valence-electron chi connectivity index (χ4n) is 4.26. The summed E-state index contributed by atoms with van der Waals surface area (Å²) in [6, 6.07) is 6.53. The van der Waals surface area contributed by atoms with Gasteiger partial charge in [0, 0.05) is 18.5 Å². The average molecular weight is 533 g/mol. The summed E-state index contributed by atoms with van der Waals surface area (Å²) in [6.45, 7) is 2.24. The van der Waals surface area contributed by atoms with Gasteiger partial charge in [0.1, 0.15) is 17.7 Å². The molecule has 36 heavy (non-hydrogen) atoms. The van der Waals surface area contributed by atoms with Crippen molar-refractivity contribution in [3.63, 3.8) is 0 Å². The molecule has 0 unspecified atom stereocenters. The van der Waals surface area contributed by atoms with Gasteiger partial charge in [-0.25, -0.2) is 27.2 Å². The molecule has 2 fully saturated rings. The van der Waals surface area contributed by atoms with E-state index in [1.807, 2.05) is 11.0 Å². The summed E-state index contributed by atoms with van der Waals surface area (Å²) in [4.78, 5) is 10.9. The van der Waals surface area contributed by atoms with E-state index in [0.29, 0.717) is 78.2 Å². The van der Waals surface area contributed by atoms with Gasteiger partial charge >= 0.3 is 0 Å². The van der Waals surface area contributed by atoms with E-state index in [1.165, 1.54) is 23.0 Å². The average Bonchev–Trinajstić information content (AvgIpc) is 3.32. The topological polar surface area (TPSA) is 139 Å². The van der Waals surface area contributed by atoms with Crippen molar-refractivity contribution < 1.29 is 21.9 Å². The lowest BCUT2D eigenvalue weighted by Crippen LogP contribution is -2.36. The van der Waals surface area contributed by atoms with E-state index in [0.717, 1.165) is 0 Å². The molecule has 0 radical (unpaired) electrons. The summed E-state index contributed by atoms with van der Waals surface area (Å²) in [5.41, 5.74) is -0.320. The number of alkyl halides is 2. The molecule has 1 aliphatic heterocycles. The molecule has 15 heteroatoms. The number of nitrogens with one attached hydrogen (secondary N) is 1. The first-order valence-electron chi connectivity index (χ1n) is 11.0. The number of nitrogens with zero attached hydrogens (tertiary/aromatic N) is 7. The zero-order valence-corrected chi connectivity index (χ0v) is 20.2. The van der Waals surface area contributed by atoms with Crippen molar-refractivity contribution in [2.24, 2.45) is 0 Å². The SMILES string of the molecule is N#CC1(NS(=O)(=O)c2ccc3c4c(N5CCOCC5)ncnc4n(-c4nnc(C(F)F)s4)c3c2)CC1. The molecule has 0 atom stereocenters. The van der Waals surface area contributed by atoms with E-state index in [9.17, 15) is 22.5 Å². The van der Waals surface area contributed by atoms with Gasteiger partial charge < -0.3 is 9.64 Å². The first-order chi connectivity index (χ1) is 17.3. The molecule has 1 aromatic carbocycles. The lowest BCUT2D eigenvalue weighted by molar-refractivity contribution is 0.122. The maximum absolute atomic E-state index is 13.3. The first-order valence-corrected chi connectivity index (χ1v) is 13.3. The number of benzene rings is 1. The van der Waals surface area contributed by atoms with Gasteiger partial charge in [0.2, 0.25) is 15.2 Å². The molecule has 11 nitrogen and oxygen atoms in total. The van der Waals surface area contributed by atoms with E-state index in [4.69, 9.17) is 4.74 Å². The highest BCUT2D eigenvalue weighted by Crippen LogP contribution is 2.39. The lowest BCUT2D eigenvalue weighted by Gasteiger charge is -2.28. The first kappa shape index (κ1) is 23.1. The van der Waals surface area contributed by atoms with E-state index in [-0.39, 0.29) is 10.0 Å². The van der Waals surface area contributed by atoms with Gasteiger partial charge in [0.25, 0.3) is 6.43 Å². The minimum atomic E-state index is -4.04. The van der Waals surface area contributed by atoms with Gasteiger partial charge in [-0.05, 0) is 25.0 Å². The van der Waals surface area contributed by atoms with Gasteiger partial charge in [-0.1, -0.05) is 17.4 Å². The van der Waals surface area contributed by atoms with Gasteiger partial charge in [0.05, 0.1) is 35.1 Å². The number of hydrogen-bond acceptors (Lipinski definition) is 10. The molecule has 4 aromatic rings. The molecule has 0 bridgehead atoms. The summed E-state index contributed by atoms with van der Waals surface area (Å²) in [7, 11) is -4.04. The van der Waals surface area contributed by atoms with Crippen LogP contribution in [0.2, 0.25) is 0 Å². The van der Waals surface area contributed by atoms with Crippen molar-refractivity contribution in [2.75, 3.05) is 31.2 Å². The minimum Gasteiger partial charge on any atom is -0.378 e. The Morgan fingerprint density at radius 2 is 1.97 bits per heavy atom. The van der Waals surface area contributed by atoms with Crippen LogP contribution in [-0.4, -0.2) is 65.0 Å². The van der Waals surface area contributed by atoms with Crippen LogP contribution in [0.3, 0.4) is 0 Å². The number of nitriles is 1. The second-order valence-electron chi connectivity index (χ2n) is 8.53. The standard InChI is InChI=1S/C21H18F2N8O3S2/c22-16(23)19-27-28-20(35-19)31-14-9-12(36(32,33)29-21(10-24)3-4-21)1-2-13(14)15-17(25-11-26-18(15)31)30-5-7-34-8-6-30/h1-2,9,11,16,29H,3-8H2. The van der Waals surface area contributed by atoms with E-state index in [1.54, 1.807) is 6.07 Å². The molecular weight excluding hydrogens is 514 g/mol. The quantitative estimate of drug-likeness (QED) is 0.397. The second-order valence-corrected chi connectivity index (χ2v) is 11.2. The second kappa shape index (κ2) is 8.37. The zero-order valence-electron chi connectivity index (χ0n) is 18.6.